The van der Waals surface area contributed by atoms with E-state index < -0.39 is 0 Å². The third-order valence-electron chi connectivity index (χ3n) is 5.27. The highest BCUT2D eigenvalue weighted by Gasteiger charge is 2.17. The minimum Gasteiger partial charge on any atom is -0.393 e. The van der Waals surface area contributed by atoms with Crippen LogP contribution < -0.4 is 5.32 Å². The van der Waals surface area contributed by atoms with Gasteiger partial charge in [0.05, 0.1) is 12.3 Å². The summed E-state index contributed by atoms with van der Waals surface area (Å²) in [6.07, 6.45) is 3.00. The van der Waals surface area contributed by atoms with Gasteiger partial charge in [0, 0.05) is 31.7 Å². The molecular formula is C23H24FN3O2S. The number of carbonyl (C=O) groups excluding carboxylic acids is 1. The highest BCUT2D eigenvalue weighted by atomic mass is 32.1. The van der Waals surface area contributed by atoms with Crippen molar-refractivity contribution >= 4 is 17.2 Å². The van der Waals surface area contributed by atoms with E-state index in [0.29, 0.717) is 22.0 Å². The second kappa shape index (κ2) is 9.47. The number of thiazole rings is 1. The molecule has 0 saturated carbocycles. The molecule has 0 atom stereocenters. The van der Waals surface area contributed by atoms with Gasteiger partial charge in [-0.25, -0.2) is 9.37 Å². The van der Waals surface area contributed by atoms with E-state index in [9.17, 15) is 14.3 Å². The van der Waals surface area contributed by atoms with Crippen molar-refractivity contribution in [3.63, 3.8) is 0 Å². The normalized spacial score (nSPS) is 15.3. The van der Waals surface area contributed by atoms with E-state index in [1.807, 2.05) is 12.1 Å². The Morgan fingerprint density at radius 3 is 2.57 bits per heavy atom. The summed E-state index contributed by atoms with van der Waals surface area (Å²) in [7, 11) is 0. The van der Waals surface area contributed by atoms with Gasteiger partial charge < -0.3 is 10.4 Å². The van der Waals surface area contributed by atoms with Crippen LogP contribution in [0.1, 0.15) is 33.6 Å². The molecule has 156 valence electrons. The molecule has 1 aromatic heterocycles. The van der Waals surface area contributed by atoms with Crippen molar-refractivity contribution in [2.45, 2.75) is 32.0 Å². The molecule has 0 aliphatic carbocycles. The summed E-state index contributed by atoms with van der Waals surface area (Å²) in [5.74, 6) is -0.564. The van der Waals surface area contributed by atoms with Crippen molar-refractivity contribution in [3.8, 4) is 10.6 Å². The van der Waals surface area contributed by atoms with Gasteiger partial charge in [0.25, 0.3) is 5.91 Å². The van der Waals surface area contributed by atoms with E-state index in [1.54, 1.807) is 18.2 Å². The fraction of sp³-hybridized carbons (Fsp3) is 0.304. The van der Waals surface area contributed by atoms with E-state index in [4.69, 9.17) is 0 Å². The summed E-state index contributed by atoms with van der Waals surface area (Å²) in [5, 5.41) is 13.0. The number of amides is 1. The zero-order valence-electron chi connectivity index (χ0n) is 16.6. The Morgan fingerprint density at radius 2 is 1.83 bits per heavy atom. The Hall–Kier alpha value is -2.61. The zero-order chi connectivity index (χ0) is 20.9. The number of hydrogen-bond acceptors (Lipinski definition) is 5. The summed E-state index contributed by atoms with van der Waals surface area (Å²) in [6.45, 7) is 3.13. The number of aliphatic hydroxyl groups excluding tert-OH is 1. The molecule has 1 amide bonds. The highest BCUT2D eigenvalue weighted by Crippen LogP contribution is 2.27. The molecule has 0 bridgehead atoms. The minimum atomic E-state index is -0.348. The Labute approximate surface area is 179 Å². The molecule has 2 heterocycles. The fourth-order valence-corrected chi connectivity index (χ4v) is 4.37. The smallest absolute Gasteiger partial charge is 0.263 e. The summed E-state index contributed by atoms with van der Waals surface area (Å²) in [4.78, 5) is 19.4. The molecule has 0 unspecified atom stereocenters. The number of nitrogens with zero attached hydrogens (tertiary/aromatic N) is 2. The molecule has 30 heavy (non-hydrogen) atoms. The number of nitrogens with one attached hydrogen (secondary N) is 1. The number of carbonyl (C=O) groups is 1. The molecule has 4 rings (SSSR count). The van der Waals surface area contributed by atoms with Gasteiger partial charge in [0.1, 0.15) is 15.7 Å². The Balaban J connectivity index is 1.30. The van der Waals surface area contributed by atoms with Crippen LogP contribution in [0.15, 0.2) is 54.7 Å². The molecular weight excluding hydrogens is 401 g/mol. The number of hydrogen-bond donors (Lipinski definition) is 2. The SMILES string of the molecule is O=C(NCc1ccc(CN2CCC(O)CC2)cc1)c1cnc(-c2ccccc2F)s1. The summed E-state index contributed by atoms with van der Waals surface area (Å²) < 4.78 is 13.9. The number of halogens is 1. The van der Waals surface area contributed by atoms with Gasteiger partial charge in [-0.1, -0.05) is 36.4 Å². The molecule has 0 spiro atoms. The first-order chi connectivity index (χ1) is 14.6. The maximum absolute atomic E-state index is 13.9. The van der Waals surface area contributed by atoms with E-state index in [-0.39, 0.29) is 17.8 Å². The molecule has 7 heteroatoms. The van der Waals surface area contributed by atoms with Crippen LogP contribution in [0.4, 0.5) is 4.39 Å². The van der Waals surface area contributed by atoms with E-state index in [0.717, 1.165) is 38.0 Å². The molecule has 0 radical (unpaired) electrons. The molecule has 1 aliphatic heterocycles. The number of aliphatic hydroxyl groups is 1. The topological polar surface area (TPSA) is 65.5 Å². The van der Waals surface area contributed by atoms with E-state index in [1.165, 1.54) is 29.2 Å². The minimum absolute atomic E-state index is 0.159. The van der Waals surface area contributed by atoms with Crippen LogP contribution in [0.5, 0.6) is 0 Å². The van der Waals surface area contributed by atoms with E-state index in [2.05, 4.69) is 27.3 Å². The first-order valence-corrected chi connectivity index (χ1v) is 10.9. The molecule has 1 aliphatic rings. The third kappa shape index (κ3) is 5.11. The Kier molecular flexibility index (Phi) is 6.52. The summed E-state index contributed by atoms with van der Waals surface area (Å²) in [5.41, 5.74) is 2.64. The highest BCUT2D eigenvalue weighted by molar-refractivity contribution is 7.16. The van der Waals surface area contributed by atoms with Crippen molar-refractivity contribution in [2.75, 3.05) is 13.1 Å². The van der Waals surface area contributed by atoms with Crippen LogP contribution in [-0.2, 0) is 13.1 Å². The quantitative estimate of drug-likeness (QED) is 0.630. The number of likely N-dealkylation sites (tertiary alicyclic amines) is 1. The first kappa shape index (κ1) is 20.7. The zero-order valence-corrected chi connectivity index (χ0v) is 17.4. The number of aromatic nitrogens is 1. The molecule has 2 N–H and O–H groups in total. The predicted molar refractivity (Wildman–Crippen MR) is 116 cm³/mol. The van der Waals surface area contributed by atoms with Crippen LogP contribution in [0.3, 0.4) is 0 Å². The van der Waals surface area contributed by atoms with Gasteiger partial charge in [-0.15, -0.1) is 11.3 Å². The average molecular weight is 426 g/mol. The van der Waals surface area contributed by atoms with Crippen LogP contribution in [-0.4, -0.2) is 40.1 Å². The van der Waals surface area contributed by atoms with Crippen molar-refractivity contribution in [2.24, 2.45) is 0 Å². The summed E-state index contributed by atoms with van der Waals surface area (Å²) in [6, 6.07) is 14.6. The summed E-state index contributed by atoms with van der Waals surface area (Å²) >= 11 is 1.18. The van der Waals surface area contributed by atoms with Crippen molar-refractivity contribution in [1.29, 1.82) is 0 Å². The van der Waals surface area contributed by atoms with Gasteiger partial charge in [-0.05, 0) is 36.1 Å². The van der Waals surface area contributed by atoms with Gasteiger partial charge >= 0.3 is 0 Å². The van der Waals surface area contributed by atoms with Crippen molar-refractivity contribution < 1.29 is 14.3 Å². The van der Waals surface area contributed by atoms with Crippen molar-refractivity contribution in [1.82, 2.24) is 15.2 Å². The maximum atomic E-state index is 13.9. The van der Waals surface area contributed by atoms with Gasteiger partial charge in [-0.2, -0.15) is 0 Å². The lowest BCUT2D eigenvalue weighted by molar-refractivity contribution is 0.0792. The van der Waals surface area contributed by atoms with Crippen molar-refractivity contribution in [3.05, 3.63) is 76.5 Å². The van der Waals surface area contributed by atoms with E-state index >= 15 is 0 Å². The van der Waals surface area contributed by atoms with Crippen LogP contribution >= 0.6 is 11.3 Å². The average Bonchev–Trinajstić information content (AvgIpc) is 3.25. The van der Waals surface area contributed by atoms with Gasteiger partial charge in [0.2, 0.25) is 0 Å². The third-order valence-corrected chi connectivity index (χ3v) is 6.30. The Bertz CT molecular complexity index is 998. The lowest BCUT2D eigenvalue weighted by Gasteiger charge is -2.29. The lowest BCUT2D eigenvalue weighted by Crippen LogP contribution is -2.35. The predicted octanol–water partition coefficient (Wildman–Crippen LogP) is 3.84. The molecule has 1 saturated heterocycles. The number of piperidine rings is 1. The second-order valence-electron chi connectivity index (χ2n) is 7.52. The van der Waals surface area contributed by atoms with Crippen LogP contribution in [0.2, 0.25) is 0 Å². The van der Waals surface area contributed by atoms with Crippen LogP contribution in [0.25, 0.3) is 10.6 Å². The van der Waals surface area contributed by atoms with Gasteiger partial charge in [0.15, 0.2) is 0 Å². The maximum Gasteiger partial charge on any atom is 0.263 e. The van der Waals surface area contributed by atoms with Gasteiger partial charge in [-0.3, -0.25) is 9.69 Å². The molecule has 1 fully saturated rings. The standard InChI is InChI=1S/C23H24FN3O2S/c24-20-4-2-1-3-19(20)23-26-14-21(30-23)22(29)25-13-16-5-7-17(8-6-16)15-27-11-9-18(28)10-12-27/h1-8,14,18,28H,9-13,15H2,(H,25,29). The largest absolute Gasteiger partial charge is 0.393 e. The second-order valence-corrected chi connectivity index (χ2v) is 8.55. The monoisotopic (exact) mass is 425 g/mol. The Morgan fingerprint density at radius 1 is 1.13 bits per heavy atom. The number of benzene rings is 2. The lowest BCUT2D eigenvalue weighted by atomic mass is 10.1. The van der Waals surface area contributed by atoms with Crippen LogP contribution in [0, 0.1) is 5.82 Å². The molecule has 5 nitrogen and oxygen atoms in total. The molecule has 3 aromatic rings. The first-order valence-electron chi connectivity index (χ1n) is 10.1. The fourth-order valence-electron chi connectivity index (χ4n) is 3.51. The molecule has 2 aromatic carbocycles. The number of rotatable bonds is 6.